The number of likely N-dealkylation sites (N-methyl/N-ethyl adjacent to an activating group) is 1. The molecule has 11 heteroatoms. The average molecular weight is 553 g/mol. The highest BCUT2D eigenvalue weighted by Crippen LogP contribution is 2.34. The molecule has 0 radical (unpaired) electrons. The monoisotopic (exact) mass is 552 g/mol. The number of hydrogen-bond donors (Lipinski definition) is 1. The summed E-state index contributed by atoms with van der Waals surface area (Å²) in [6.07, 6.45) is 1.93. The molecular weight excluding hydrogens is 523 g/mol. The molecule has 5 aromatic rings. The first-order chi connectivity index (χ1) is 19.8. The number of nitrogens with two attached hydrogens (primary N) is 1. The van der Waals surface area contributed by atoms with Gasteiger partial charge in [0.2, 0.25) is 11.8 Å². The molecule has 0 aliphatic heterocycles. The summed E-state index contributed by atoms with van der Waals surface area (Å²) in [5.41, 5.74) is 8.84. The summed E-state index contributed by atoms with van der Waals surface area (Å²) < 4.78 is 22.5. The normalized spacial score (nSPS) is 12.5. The molecule has 0 aliphatic rings. The van der Waals surface area contributed by atoms with Gasteiger partial charge in [-0.25, -0.2) is 19.6 Å². The highest BCUT2D eigenvalue weighted by atomic mass is 19.1. The van der Waals surface area contributed by atoms with E-state index >= 15 is 4.39 Å². The zero-order chi connectivity index (χ0) is 29.1. The number of nitrogens with zero attached hydrogens (tertiary/aromatic N) is 7. The number of rotatable bonds is 8. The van der Waals surface area contributed by atoms with E-state index in [1.165, 1.54) is 6.33 Å². The van der Waals surface area contributed by atoms with Crippen LogP contribution in [0.15, 0.2) is 78.0 Å². The van der Waals surface area contributed by atoms with Gasteiger partial charge in [-0.15, -0.1) is 0 Å². The maximum Gasteiger partial charge on any atom is 0.225 e. The number of aldehydes is 1. The third-order valence-corrected chi connectivity index (χ3v) is 6.48. The molecule has 0 saturated heterocycles. The van der Waals surface area contributed by atoms with E-state index in [4.69, 9.17) is 20.6 Å². The summed E-state index contributed by atoms with van der Waals surface area (Å²) in [4.78, 5) is 31.2. The van der Waals surface area contributed by atoms with Crippen LogP contribution in [0.4, 0.5) is 21.6 Å². The first kappa shape index (κ1) is 27.4. The van der Waals surface area contributed by atoms with Crippen LogP contribution in [0.25, 0.3) is 22.3 Å². The van der Waals surface area contributed by atoms with E-state index in [1.807, 2.05) is 69.1 Å². The van der Waals surface area contributed by atoms with E-state index in [2.05, 4.69) is 15.0 Å². The minimum absolute atomic E-state index is 0.125. The molecule has 1 unspecified atom stereocenters. The molecule has 2 N–H and O–H groups in total. The van der Waals surface area contributed by atoms with Crippen molar-refractivity contribution in [2.45, 2.75) is 32.9 Å². The number of carbonyl (C=O) groups is 1. The fourth-order valence-corrected chi connectivity index (χ4v) is 4.51. The third-order valence-electron chi connectivity index (χ3n) is 6.48. The molecule has 41 heavy (non-hydrogen) atoms. The Morgan fingerprint density at radius 3 is 2.49 bits per heavy atom. The van der Waals surface area contributed by atoms with Gasteiger partial charge in [0.25, 0.3) is 0 Å². The Balaban J connectivity index is 1.69. The predicted octanol–water partition coefficient (Wildman–Crippen LogP) is 5.64. The number of halogens is 1. The molecule has 1 atom stereocenters. The lowest BCUT2D eigenvalue weighted by Crippen LogP contribution is -2.34. The van der Waals surface area contributed by atoms with Crippen LogP contribution in [0.1, 0.15) is 37.2 Å². The Hall–Kier alpha value is -5.19. The van der Waals surface area contributed by atoms with Gasteiger partial charge in [0.05, 0.1) is 22.7 Å². The number of pyridine rings is 1. The molecule has 0 saturated carbocycles. The number of ether oxygens (including phenoxy) is 1. The van der Waals surface area contributed by atoms with Crippen LogP contribution in [0.2, 0.25) is 0 Å². The van der Waals surface area contributed by atoms with Gasteiger partial charge in [-0.05, 0) is 51.1 Å². The SMILES string of the molecule is CC(C)Oc1ccc(-c2nn(C(C)C(=Nc3ccccc3C=O)N(C)c3ccccc3)c3ncnc(N)c23)c(F)n1. The molecule has 0 amide bonds. The Kier molecular flexibility index (Phi) is 7.68. The Morgan fingerprint density at radius 2 is 1.78 bits per heavy atom. The fourth-order valence-electron chi connectivity index (χ4n) is 4.51. The summed E-state index contributed by atoms with van der Waals surface area (Å²) in [6.45, 7) is 5.56. The molecule has 2 aromatic carbocycles. The number of benzene rings is 2. The van der Waals surface area contributed by atoms with Gasteiger partial charge >= 0.3 is 0 Å². The van der Waals surface area contributed by atoms with Crippen LogP contribution in [-0.4, -0.2) is 50.0 Å². The number of aliphatic imine (C=N–C) groups is 1. The molecule has 3 aromatic heterocycles. The number of carbonyl (C=O) groups excluding carboxylic acids is 1. The number of anilines is 2. The second kappa shape index (κ2) is 11.5. The van der Waals surface area contributed by atoms with Crippen molar-refractivity contribution in [2.75, 3.05) is 17.7 Å². The second-order valence-electron chi connectivity index (χ2n) is 9.62. The minimum atomic E-state index is -0.763. The Bertz CT molecular complexity index is 1740. The van der Waals surface area contributed by atoms with Gasteiger partial charge in [0.15, 0.2) is 11.9 Å². The van der Waals surface area contributed by atoms with Crippen LogP contribution in [-0.2, 0) is 0 Å². The van der Waals surface area contributed by atoms with Gasteiger partial charge in [0.1, 0.15) is 29.7 Å². The standard InChI is InChI=1S/C30H29FN8O2/c1-18(2)41-24-15-14-22(27(31)36-24)26-25-28(32)33-17-34-30(25)39(37-26)19(3)29(38(4)21-11-6-5-7-12-21)35-23-13-9-8-10-20(23)16-40/h5-19H,1-4H3,(H2,32,33,34). The molecule has 5 rings (SSSR count). The van der Waals surface area contributed by atoms with E-state index < -0.39 is 12.0 Å². The summed E-state index contributed by atoms with van der Waals surface area (Å²) >= 11 is 0. The first-order valence-electron chi connectivity index (χ1n) is 13.0. The average Bonchev–Trinajstić information content (AvgIpc) is 3.36. The van der Waals surface area contributed by atoms with E-state index in [0.717, 1.165) is 12.0 Å². The van der Waals surface area contributed by atoms with E-state index in [1.54, 1.807) is 35.0 Å². The number of nitrogen functional groups attached to an aromatic ring is 1. The molecular formula is C30H29FN8O2. The van der Waals surface area contributed by atoms with Gasteiger partial charge < -0.3 is 15.4 Å². The van der Waals surface area contributed by atoms with E-state index in [-0.39, 0.29) is 29.1 Å². The van der Waals surface area contributed by atoms with Gasteiger partial charge in [0, 0.05) is 24.4 Å². The van der Waals surface area contributed by atoms with Crippen LogP contribution in [0.5, 0.6) is 5.88 Å². The highest BCUT2D eigenvalue weighted by Gasteiger charge is 2.27. The Labute approximate surface area is 236 Å². The lowest BCUT2D eigenvalue weighted by atomic mass is 10.1. The van der Waals surface area contributed by atoms with Crippen molar-refractivity contribution in [3.63, 3.8) is 0 Å². The fraction of sp³-hybridized carbons (Fsp3) is 0.200. The summed E-state index contributed by atoms with van der Waals surface area (Å²) in [6, 6.07) is 19.3. The van der Waals surface area contributed by atoms with Gasteiger partial charge in [-0.1, -0.05) is 30.3 Å². The summed E-state index contributed by atoms with van der Waals surface area (Å²) in [7, 11) is 1.88. The van der Waals surface area contributed by atoms with Crippen molar-refractivity contribution in [3.8, 4) is 17.1 Å². The molecule has 3 heterocycles. The van der Waals surface area contributed by atoms with E-state index in [9.17, 15) is 4.79 Å². The minimum Gasteiger partial charge on any atom is -0.475 e. The van der Waals surface area contributed by atoms with Crippen molar-refractivity contribution in [3.05, 3.63) is 84.6 Å². The predicted molar refractivity (Wildman–Crippen MR) is 157 cm³/mol. The molecule has 10 nitrogen and oxygen atoms in total. The van der Waals surface area contributed by atoms with Gasteiger partial charge in [-0.2, -0.15) is 14.5 Å². The zero-order valence-corrected chi connectivity index (χ0v) is 23.1. The van der Waals surface area contributed by atoms with Gasteiger partial charge in [-0.3, -0.25) is 4.79 Å². The second-order valence-corrected chi connectivity index (χ2v) is 9.62. The van der Waals surface area contributed by atoms with Crippen LogP contribution in [0, 0.1) is 5.95 Å². The van der Waals surface area contributed by atoms with Crippen LogP contribution >= 0.6 is 0 Å². The molecule has 0 spiro atoms. The largest absolute Gasteiger partial charge is 0.475 e. The quantitative estimate of drug-likeness (QED) is 0.114. The maximum atomic E-state index is 15.3. The first-order valence-corrected chi connectivity index (χ1v) is 13.0. The Morgan fingerprint density at radius 1 is 1.05 bits per heavy atom. The number of hydrogen-bond acceptors (Lipinski definition) is 8. The molecule has 0 bridgehead atoms. The van der Waals surface area contributed by atoms with Crippen molar-refractivity contribution >= 4 is 40.3 Å². The number of amidine groups is 1. The van der Waals surface area contributed by atoms with Crippen molar-refractivity contribution in [1.29, 1.82) is 0 Å². The van der Waals surface area contributed by atoms with Crippen LogP contribution < -0.4 is 15.4 Å². The third kappa shape index (κ3) is 5.46. The lowest BCUT2D eigenvalue weighted by molar-refractivity contribution is 0.112. The summed E-state index contributed by atoms with van der Waals surface area (Å²) in [5, 5.41) is 5.17. The van der Waals surface area contributed by atoms with E-state index in [0.29, 0.717) is 28.1 Å². The highest BCUT2D eigenvalue weighted by molar-refractivity contribution is 6.04. The topological polar surface area (TPSA) is 124 Å². The smallest absolute Gasteiger partial charge is 0.225 e. The molecule has 0 aliphatic carbocycles. The number of fused-ring (bicyclic) bond motifs is 1. The van der Waals surface area contributed by atoms with Crippen molar-refractivity contribution in [2.24, 2.45) is 4.99 Å². The summed E-state index contributed by atoms with van der Waals surface area (Å²) in [5.74, 6) is 0.0978. The van der Waals surface area contributed by atoms with Crippen LogP contribution in [0.3, 0.4) is 0 Å². The zero-order valence-electron chi connectivity index (χ0n) is 23.1. The maximum absolute atomic E-state index is 15.3. The number of para-hydroxylation sites is 2. The van der Waals surface area contributed by atoms with Crippen molar-refractivity contribution in [1.82, 2.24) is 24.7 Å². The molecule has 208 valence electrons. The number of aromatic nitrogens is 5. The molecule has 0 fully saturated rings. The lowest BCUT2D eigenvalue weighted by Gasteiger charge is -2.26. The van der Waals surface area contributed by atoms with Crippen molar-refractivity contribution < 1.29 is 13.9 Å².